The first-order valence-corrected chi connectivity index (χ1v) is 5.86. The molecule has 1 aromatic heterocycles. The number of nitrogens with zero attached hydrogens (tertiary/aromatic N) is 3. The van der Waals surface area contributed by atoms with E-state index in [9.17, 15) is 0 Å². The van der Waals surface area contributed by atoms with E-state index in [1.807, 2.05) is 25.2 Å². The summed E-state index contributed by atoms with van der Waals surface area (Å²) in [4.78, 5) is 0. The van der Waals surface area contributed by atoms with E-state index >= 15 is 0 Å². The molecule has 0 aliphatic carbocycles. The van der Waals surface area contributed by atoms with Crippen molar-refractivity contribution in [3.8, 4) is 5.75 Å². The Balaban J connectivity index is 2.44. The van der Waals surface area contributed by atoms with Crippen LogP contribution in [0.1, 0.15) is 17.3 Å². The second-order valence-electron chi connectivity index (χ2n) is 3.65. The molecule has 0 aliphatic heterocycles. The van der Waals surface area contributed by atoms with Crippen molar-refractivity contribution >= 4 is 15.9 Å². The van der Waals surface area contributed by atoms with Crippen LogP contribution < -0.4 is 10.5 Å². The minimum absolute atomic E-state index is 0.307. The van der Waals surface area contributed by atoms with Crippen molar-refractivity contribution in [2.75, 3.05) is 7.11 Å². The van der Waals surface area contributed by atoms with Crippen molar-refractivity contribution in [3.05, 3.63) is 40.1 Å². The highest BCUT2D eigenvalue weighted by Crippen LogP contribution is 2.30. The Bertz CT molecular complexity index is 526. The van der Waals surface area contributed by atoms with Crippen LogP contribution in [0.25, 0.3) is 0 Å². The number of nitrogens with two attached hydrogens (primary N) is 1. The normalized spacial score (nSPS) is 12.5. The maximum atomic E-state index is 6.19. The SMILES string of the molecule is COc1cc(Br)ccc1C(N)c1cnnn1C. The van der Waals surface area contributed by atoms with E-state index in [0.29, 0.717) is 0 Å². The van der Waals surface area contributed by atoms with Gasteiger partial charge in [0.05, 0.1) is 25.0 Å². The number of hydrogen-bond donors (Lipinski definition) is 1. The van der Waals surface area contributed by atoms with Crippen LogP contribution in [-0.2, 0) is 7.05 Å². The first-order valence-electron chi connectivity index (χ1n) is 5.07. The van der Waals surface area contributed by atoms with Crippen LogP contribution in [0.5, 0.6) is 5.75 Å². The molecule has 0 amide bonds. The topological polar surface area (TPSA) is 66.0 Å². The molecular formula is C11H13BrN4O. The van der Waals surface area contributed by atoms with Gasteiger partial charge in [0.15, 0.2) is 0 Å². The lowest BCUT2D eigenvalue weighted by atomic mass is 10.0. The summed E-state index contributed by atoms with van der Waals surface area (Å²) in [5.74, 6) is 0.744. The molecule has 1 unspecified atom stereocenters. The van der Waals surface area contributed by atoms with Crippen molar-refractivity contribution in [3.63, 3.8) is 0 Å². The van der Waals surface area contributed by atoms with Crippen LogP contribution >= 0.6 is 15.9 Å². The van der Waals surface area contributed by atoms with Crippen LogP contribution in [0.15, 0.2) is 28.9 Å². The Hall–Kier alpha value is -1.40. The molecule has 0 saturated carbocycles. The molecule has 0 fully saturated rings. The molecule has 1 atom stereocenters. The maximum absolute atomic E-state index is 6.19. The van der Waals surface area contributed by atoms with Crippen molar-refractivity contribution in [2.24, 2.45) is 12.8 Å². The van der Waals surface area contributed by atoms with Crippen LogP contribution in [0.3, 0.4) is 0 Å². The minimum Gasteiger partial charge on any atom is -0.496 e. The fourth-order valence-electron chi connectivity index (χ4n) is 1.68. The van der Waals surface area contributed by atoms with Gasteiger partial charge in [0.1, 0.15) is 5.75 Å². The van der Waals surface area contributed by atoms with Crippen LogP contribution in [0.4, 0.5) is 0 Å². The smallest absolute Gasteiger partial charge is 0.125 e. The van der Waals surface area contributed by atoms with E-state index in [0.717, 1.165) is 21.5 Å². The zero-order valence-electron chi connectivity index (χ0n) is 9.59. The van der Waals surface area contributed by atoms with E-state index in [2.05, 4.69) is 26.2 Å². The summed E-state index contributed by atoms with van der Waals surface area (Å²) in [7, 11) is 3.44. The first-order chi connectivity index (χ1) is 8.13. The van der Waals surface area contributed by atoms with E-state index < -0.39 is 0 Å². The molecule has 6 heteroatoms. The number of halogens is 1. The standard InChI is InChI=1S/C11H13BrN4O/c1-16-9(6-14-15-16)11(13)8-4-3-7(12)5-10(8)17-2/h3-6,11H,13H2,1-2H3. The average Bonchev–Trinajstić information content (AvgIpc) is 2.74. The van der Waals surface area contributed by atoms with Gasteiger partial charge < -0.3 is 10.5 Å². The molecule has 2 rings (SSSR count). The van der Waals surface area contributed by atoms with Crippen LogP contribution in [0.2, 0.25) is 0 Å². The van der Waals surface area contributed by atoms with Gasteiger partial charge in [-0.15, -0.1) is 5.10 Å². The summed E-state index contributed by atoms with van der Waals surface area (Å²) in [6, 6.07) is 5.44. The highest BCUT2D eigenvalue weighted by Gasteiger charge is 2.17. The molecule has 1 aromatic carbocycles. The van der Waals surface area contributed by atoms with E-state index in [1.54, 1.807) is 18.0 Å². The number of aryl methyl sites for hydroxylation is 1. The molecule has 2 N–H and O–H groups in total. The molecule has 0 radical (unpaired) electrons. The van der Waals surface area contributed by atoms with Gasteiger partial charge in [-0.05, 0) is 12.1 Å². The summed E-state index contributed by atoms with van der Waals surface area (Å²) in [5.41, 5.74) is 7.93. The highest BCUT2D eigenvalue weighted by molar-refractivity contribution is 9.10. The second kappa shape index (κ2) is 4.85. The van der Waals surface area contributed by atoms with Crippen LogP contribution in [0, 0.1) is 0 Å². The van der Waals surface area contributed by atoms with E-state index in [-0.39, 0.29) is 6.04 Å². The molecule has 17 heavy (non-hydrogen) atoms. The number of aromatic nitrogens is 3. The maximum Gasteiger partial charge on any atom is 0.125 e. The second-order valence-corrected chi connectivity index (χ2v) is 4.56. The Kier molecular flexibility index (Phi) is 3.44. The van der Waals surface area contributed by atoms with Crippen molar-refractivity contribution in [1.29, 1.82) is 0 Å². The van der Waals surface area contributed by atoms with Gasteiger partial charge in [-0.1, -0.05) is 27.2 Å². The van der Waals surface area contributed by atoms with Gasteiger partial charge in [0.25, 0.3) is 0 Å². The molecular weight excluding hydrogens is 284 g/mol. The molecule has 90 valence electrons. The lowest BCUT2D eigenvalue weighted by molar-refractivity contribution is 0.407. The van der Waals surface area contributed by atoms with Gasteiger partial charge in [-0.2, -0.15) is 0 Å². The van der Waals surface area contributed by atoms with Gasteiger partial charge >= 0.3 is 0 Å². The van der Waals surface area contributed by atoms with E-state index in [1.165, 1.54) is 0 Å². The first kappa shape index (κ1) is 12.1. The molecule has 2 aromatic rings. The van der Waals surface area contributed by atoms with Crippen molar-refractivity contribution in [1.82, 2.24) is 15.0 Å². The third-order valence-electron chi connectivity index (χ3n) is 2.60. The Morgan fingerprint density at radius 1 is 1.47 bits per heavy atom. The summed E-state index contributed by atoms with van der Waals surface area (Å²) in [5, 5.41) is 7.70. The van der Waals surface area contributed by atoms with Gasteiger partial charge in [0, 0.05) is 17.1 Å². The largest absolute Gasteiger partial charge is 0.496 e. The minimum atomic E-state index is -0.307. The number of hydrogen-bond acceptors (Lipinski definition) is 4. The fraction of sp³-hybridized carbons (Fsp3) is 0.273. The molecule has 5 nitrogen and oxygen atoms in total. The van der Waals surface area contributed by atoms with E-state index in [4.69, 9.17) is 10.5 Å². The molecule has 0 saturated heterocycles. The predicted molar refractivity (Wildman–Crippen MR) is 67.7 cm³/mol. The Labute approximate surface area is 108 Å². The summed E-state index contributed by atoms with van der Waals surface area (Å²) in [6.07, 6.45) is 1.66. The summed E-state index contributed by atoms with van der Waals surface area (Å²) < 4.78 is 7.94. The third-order valence-corrected chi connectivity index (χ3v) is 3.09. The molecule has 0 bridgehead atoms. The fourth-order valence-corrected chi connectivity index (χ4v) is 2.02. The molecule has 0 spiro atoms. The summed E-state index contributed by atoms with van der Waals surface area (Å²) in [6.45, 7) is 0. The summed E-state index contributed by atoms with van der Waals surface area (Å²) >= 11 is 3.40. The number of ether oxygens (including phenoxy) is 1. The van der Waals surface area contributed by atoms with Gasteiger partial charge in [0.2, 0.25) is 0 Å². The number of methoxy groups -OCH3 is 1. The number of benzene rings is 1. The Morgan fingerprint density at radius 3 is 2.82 bits per heavy atom. The zero-order chi connectivity index (χ0) is 12.4. The lowest BCUT2D eigenvalue weighted by Gasteiger charge is -2.15. The highest BCUT2D eigenvalue weighted by atomic mass is 79.9. The van der Waals surface area contributed by atoms with Gasteiger partial charge in [-0.25, -0.2) is 0 Å². The molecule has 1 heterocycles. The van der Waals surface area contributed by atoms with Gasteiger partial charge in [-0.3, -0.25) is 4.68 Å². The van der Waals surface area contributed by atoms with Crippen LogP contribution in [-0.4, -0.2) is 22.1 Å². The lowest BCUT2D eigenvalue weighted by Crippen LogP contribution is -2.16. The quantitative estimate of drug-likeness (QED) is 0.935. The average molecular weight is 297 g/mol. The zero-order valence-corrected chi connectivity index (χ0v) is 11.2. The van der Waals surface area contributed by atoms with Crippen molar-refractivity contribution < 1.29 is 4.74 Å². The van der Waals surface area contributed by atoms with Crippen molar-refractivity contribution in [2.45, 2.75) is 6.04 Å². The Morgan fingerprint density at radius 2 is 2.24 bits per heavy atom. The number of rotatable bonds is 3. The third kappa shape index (κ3) is 2.32. The predicted octanol–water partition coefficient (Wildman–Crippen LogP) is 1.63. The monoisotopic (exact) mass is 296 g/mol. The molecule has 0 aliphatic rings.